The lowest BCUT2D eigenvalue weighted by atomic mass is 9.91. The van der Waals surface area contributed by atoms with Crippen molar-refractivity contribution in [3.63, 3.8) is 0 Å². The van der Waals surface area contributed by atoms with Crippen LogP contribution in [0.3, 0.4) is 0 Å². The quantitative estimate of drug-likeness (QED) is 0.722. The van der Waals surface area contributed by atoms with Crippen molar-refractivity contribution in [3.8, 4) is 5.75 Å². The molecule has 2 aromatic carbocycles. The molecule has 3 rings (SSSR count). The molecule has 0 N–H and O–H groups in total. The number of fused-ring (bicyclic) bond motifs is 1. The highest BCUT2D eigenvalue weighted by Crippen LogP contribution is 2.34. The van der Waals surface area contributed by atoms with Crippen molar-refractivity contribution in [3.05, 3.63) is 64.2 Å². The largest absolute Gasteiger partial charge is 0.489 e. The second kappa shape index (κ2) is 8.05. The van der Waals surface area contributed by atoms with E-state index in [9.17, 15) is 9.59 Å². The van der Waals surface area contributed by atoms with E-state index in [4.69, 9.17) is 9.47 Å². The Kier molecular flexibility index (Phi) is 5.73. The minimum atomic E-state index is -0.540. The van der Waals surface area contributed by atoms with Crippen molar-refractivity contribution in [2.24, 2.45) is 0 Å². The second-order valence-corrected chi connectivity index (χ2v) is 8.09. The number of ether oxygens (including phenoxy) is 2. The zero-order valence-corrected chi connectivity index (χ0v) is 17.0. The molecule has 0 spiro atoms. The fourth-order valence-corrected chi connectivity index (χ4v) is 3.38. The first-order valence-corrected chi connectivity index (χ1v) is 9.53. The molecule has 5 heteroatoms. The van der Waals surface area contributed by atoms with Crippen LogP contribution in [0.5, 0.6) is 5.75 Å². The molecule has 5 nitrogen and oxygen atoms in total. The van der Waals surface area contributed by atoms with Crippen molar-refractivity contribution in [1.29, 1.82) is 0 Å². The molecule has 2 aromatic rings. The Morgan fingerprint density at radius 2 is 1.89 bits per heavy atom. The molecule has 0 aromatic heterocycles. The highest BCUT2D eigenvalue weighted by Gasteiger charge is 2.29. The average Bonchev–Trinajstić information content (AvgIpc) is 2.66. The van der Waals surface area contributed by atoms with Gasteiger partial charge in [-0.25, -0.2) is 4.79 Å². The van der Waals surface area contributed by atoms with Gasteiger partial charge < -0.3 is 14.4 Å². The number of benzene rings is 2. The zero-order valence-electron chi connectivity index (χ0n) is 17.0. The summed E-state index contributed by atoms with van der Waals surface area (Å²) >= 11 is 0. The number of hydrogen-bond acceptors (Lipinski definition) is 4. The van der Waals surface area contributed by atoms with Crippen LogP contribution in [0.15, 0.2) is 36.4 Å². The standard InChI is InChI=1S/C23H27NO4/c1-16-18(14-25)12-21(27-15-17-8-6-5-7-9-17)20-13-24(11-10-19(16)20)22(26)28-23(2,3)4/h5-9,12,14H,10-11,13,15H2,1-4H3. The Hall–Kier alpha value is -2.82. The van der Waals surface area contributed by atoms with E-state index in [1.54, 1.807) is 11.0 Å². The highest BCUT2D eigenvalue weighted by molar-refractivity contribution is 5.80. The average molecular weight is 381 g/mol. The van der Waals surface area contributed by atoms with Crippen LogP contribution in [0.4, 0.5) is 4.79 Å². The number of aldehydes is 1. The van der Waals surface area contributed by atoms with Gasteiger partial charge >= 0.3 is 6.09 Å². The van der Waals surface area contributed by atoms with Gasteiger partial charge in [0.25, 0.3) is 0 Å². The summed E-state index contributed by atoms with van der Waals surface area (Å²) in [5.74, 6) is 0.653. The number of carbonyl (C=O) groups excluding carboxylic acids is 2. The normalized spacial score (nSPS) is 13.6. The smallest absolute Gasteiger partial charge is 0.410 e. The van der Waals surface area contributed by atoms with E-state index in [1.807, 2.05) is 58.0 Å². The van der Waals surface area contributed by atoms with E-state index < -0.39 is 5.60 Å². The van der Waals surface area contributed by atoms with E-state index in [1.165, 1.54) is 0 Å². The van der Waals surface area contributed by atoms with Gasteiger partial charge in [-0.15, -0.1) is 0 Å². The Labute approximate surface area is 166 Å². The van der Waals surface area contributed by atoms with Crippen LogP contribution < -0.4 is 4.74 Å². The van der Waals surface area contributed by atoms with E-state index in [0.717, 1.165) is 28.5 Å². The maximum atomic E-state index is 12.5. The fourth-order valence-electron chi connectivity index (χ4n) is 3.38. The molecule has 0 saturated heterocycles. The molecule has 1 aliphatic rings. The van der Waals surface area contributed by atoms with E-state index in [-0.39, 0.29) is 6.09 Å². The summed E-state index contributed by atoms with van der Waals surface area (Å²) in [6, 6.07) is 11.7. The molecular formula is C23H27NO4. The predicted octanol–water partition coefficient (Wildman–Crippen LogP) is 4.68. The molecular weight excluding hydrogens is 354 g/mol. The molecule has 28 heavy (non-hydrogen) atoms. The van der Waals surface area contributed by atoms with Crippen LogP contribution in [-0.4, -0.2) is 29.4 Å². The van der Waals surface area contributed by atoms with Gasteiger partial charge in [0, 0.05) is 17.7 Å². The molecule has 148 valence electrons. The number of nitrogens with zero attached hydrogens (tertiary/aromatic N) is 1. The third-order valence-electron chi connectivity index (χ3n) is 4.83. The first-order chi connectivity index (χ1) is 13.3. The van der Waals surface area contributed by atoms with Crippen LogP contribution in [0.2, 0.25) is 0 Å². The molecule has 0 aliphatic carbocycles. The summed E-state index contributed by atoms with van der Waals surface area (Å²) in [6.45, 7) is 8.90. The van der Waals surface area contributed by atoms with E-state index in [2.05, 4.69) is 0 Å². The van der Waals surface area contributed by atoms with Crippen LogP contribution in [-0.2, 0) is 24.3 Å². The Bertz CT molecular complexity index is 868. The molecule has 0 saturated carbocycles. The summed E-state index contributed by atoms with van der Waals surface area (Å²) in [5, 5.41) is 0. The lowest BCUT2D eigenvalue weighted by molar-refractivity contribution is 0.0221. The molecule has 0 fully saturated rings. The third-order valence-corrected chi connectivity index (χ3v) is 4.83. The molecule has 1 amide bonds. The number of hydrogen-bond donors (Lipinski definition) is 0. The minimum Gasteiger partial charge on any atom is -0.489 e. The Balaban J connectivity index is 1.88. The van der Waals surface area contributed by atoms with Crippen molar-refractivity contribution in [2.45, 2.75) is 52.9 Å². The van der Waals surface area contributed by atoms with E-state index in [0.29, 0.717) is 37.4 Å². The molecule has 1 heterocycles. The second-order valence-electron chi connectivity index (χ2n) is 8.09. The maximum absolute atomic E-state index is 12.5. The molecule has 0 atom stereocenters. The third kappa shape index (κ3) is 4.53. The highest BCUT2D eigenvalue weighted by atomic mass is 16.6. The van der Waals surface area contributed by atoms with Gasteiger partial charge in [0.1, 0.15) is 24.2 Å². The van der Waals surface area contributed by atoms with Gasteiger partial charge in [0.05, 0.1) is 6.54 Å². The minimum absolute atomic E-state index is 0.329. The lowest BCUT2D eigenvalue weighted by Gasteiger charge is -2.33. The Morgan fingerprint density at radius 1 is 1.18 bits per heavy atom. The van der Waals surface area contributed by atoms with Crippen molar-refractivity contribution < 1.29 is 19.1 Å². The summed E-state index contributed by atoms with van der Waals surface area (Å²) < 4.78 is 11.6. The summed E-state index contributed by atoms with van der Waals surface area (Å²) in [7, 11) is 0. The van der Waals surface area contributed by atoms with Gasteiger partial charge in [-0.1, -0.05) is 30.3 Å². The van der Waals surface area contributed by atoms with Gasteiger partial charge in [-0.05, 0) is 56.9 Å². The first kappa shape index (κ1) is 19.9. The van der Waals surface area contributed by atoms with Crippen LogP contribution in [0, 0.1) is 6.92 Å². The molecule has 0 radical (unpaired) electrons. The van der Waals surface area contributed by atoms with Crippen molar-refractivity contribution >= 4 is 12.4 Å². The summed E-state index contributed by atoms with van der Waals surface area (Å²) in [5.41, 5.74) is 4.14. The maximum Gasteiger partial charge on any atom is 0.410 e. The number of rotatable bonds is 4. The van der Waals surface area contributed by atoms with Crippen molar-refractivity contribution in [1.82, 2.24) is 4.90 Å². The summed E-state index contributed by atoms with van der Waals surface area (Å²) in [6.07, 6.45) is 1.21. The molecule has 0 bridgehead atoms. The molecule has 0 unspecified atom stereocenters. The zero-order chi connectivity index (χ0) is 20.3. The number of amides is 1. The summed E-state index contributed by atoms with van der Waals surface area (Å²) in [4.78, 5) is 25.8. The van der Waals surface area contributed by atoms with Gasteiger partial charge in [-0.3, -0.25) is 4.79 Å². The number of carbonyl (C=O) groups is 2. The SMILES string of the molecule is Cc1c(C=O)cc(OCc2ccccc2)c2c1CCN(C(=O)OC(C)(C)C)C2. The van der Waals surface area contributed by atoms with Crippen LogP contribution in [0.25, 0.3) is 0 Å². The lowest BCUT2D eigenvalue weighted by Crippen LogP contribution is -2.40. The first-order valence-electron chi connectivity index (χ1n) is 9.53. The van der Waals surface area contributed by atoms with Gasteiger partial charge in [0.15, 0.2) is 0 Å². The Morgan fingerprint density at radius 3 is 2.54 bits per heavy atom. The van der Waals surface area contributed by atoms with E-state index >= 15 is 0 Å². The van der Waals surface area contributed by atoms with Gasteiger partial charge in [-0.2, -0.15) is 0 Å². The molecule has 1 aliphatic heterocycles. The fraction of sp³-hybridized carbons (Fsp3) is 0.391. The van der Waals surface area contributed by atoms with Crippen LogP contribution >= 0.6 is 0 Å². The van der Waals surface area contributed by atoms with Crippen molar-refractivity contribution in [2.75, 3.05) is 6.54 Å². The van der Waals surface area contributed by atoms with Gasteiger partial charge in [0.2, 0.25) is 0 Å². The van der Waals surface area contributed by atoms with Crippen LogP contribution in [0.1, 0.15) is 53.4 Å². The topological polar surface area (TPSA) is 55.8 Å². The predicted molar refractivity (Wildman–Crippen MR) is 108 cm³/mol. The monoisotopic (exact) mass is 381 g/mol.